The monoisotopic (exact) mass is 574 g/mol. The SMILES string of the molecule is CCc1nc2c(N)ncc(-c3ccc(N4CCC(N5CCN(C)CC5)CC4C)c(OC)c3)c2nc1NC1CCOCC1. The third-order valence-corrected chi connectivity index (χ3v) is 9.40. The van der Waals surface area contributed by atoms with Gasteiger partial charge in [0.15, 0.2) is 5.82 Å². The van der Waals surface area contributed by atoms with E-state index in [1.165, 1.54) is 25.9 Å². The zero-order chi connectivity index (χ0) is 29.2. The maximum Gasteiger partial charge on any atom is 0.151 e. The second-order valence-corrected chi connectivity index (χ2v) is 12.1. The van der Waals surface area contributed by atoms with Crippen molar-refractivity contribution in [2.45, 2.75) is 64.1 Å². The summed E-state index contributed by atoms with van der Waals surface area (Å²) in [7, 11) is 3.98. The number of piperidine rings is 1. The standard InChI is InChI=1S/C32H46N8O2/c1-5-26-32(35-23-9-16-42-17-10-23)37-29-25(20-34-31(33)30(29)36-26)22-6-7-27(28(19-22)41-4)40-11-8-24(18-21(40)2)39-14-12-38(3)13-15-39/h6-7,19-21,23-24H,5,8-18H2,1-4H3,(H2,33,34)(H,35,37). The molecule has 10 nitrogen and oxygen atoms in total. The van der Waals surface area contributed by atoms with Gasteiger partial charge in [-0.1, -0.05) is 13.0 Å². The summed E-state index contributed by atoms with van der Waals surface area (Å²) in [6, 6.07) is 7.86. The summed E-state index contributed by atoms with van der Waals surface area (Å²) in [5.74, 6) is 2.08. The first-order valence-electron chi connectivity index (χ1n) is 15.6. The highest BCUT2D eigenvalue weighted by Gasteiger charge is 2.32. The van der Waals surface area contributed by atoms with E-state index in [1.807, 2.05) is 6.20 Å². The van der Waals surface area contributed by atoms with Crippen molar-refractivity contribution in [3.05, 3.63) is 30.1 Å². The summed E-state index contributed by atoms with van der Waals surface area (Å²) in [6.45, 7) is 11.7. The van der Waals surface area contributed by atoms with Gasteiger partial charge in [-0.15, -0.1) is 0 Å². The molecule has 0 amide bonds. The molecular formula is C32H46N8O2. The average molecular weight is 575 g/mol. The molecule has 2 atom stereocenters. The lowest BCUT2D eigenvalue weighted by Gasteiger charge is -2.45. The lowest BCUT2D eigenvalue weighted by atomic mass is 9.95. The van der Waals surface area contributed by atoms with Crippen molar-refractivity contribution < 1.29 is 9.47 Å². The minimum atomic E-state index is 0.320. The Labute approximate surface area is 249 Å². The third kappa shape index (κ3) is 5.85. The molecule has 2 aromatic heterocycles. The number of hydrogen-bond donors (Lipinski definition) is 2. The molecule has 3 N–H and O–H groups in total. The molecule has 42 heavy (non-hydrogen) atoms. The molecule has 5 heterocycles. The number of nitrogens with two attached hydrogens (primary N) is 1. The van der Waals surface area contributed by atoms with Crippen LogP contribution >= 0.6 is 0 Å². The number of likely N-dealkylation sites (N-methyl/N-ethyl adjacent to an activating group) is 1. The molecule has 3 fully saturated rings. The second-order valence-electron chi connectivity index (χ2n) is 12.1. The summed E-state index contributed by atoms with van der Waals surface area (Å²) in [6.07, 6.45) is 6.82. The number of piperazine rings is 1. The predicted molar refractivity (Wildman–Crippen MR) is 169 cm³/mol. The molecule has 1 aromatic carbocycles. The van der Waals surface area contributed by atoms with Gasteiger partial charge >= 0.3 is 0 Å². The number of ether oxygens (including phenoxy) is 2. The zero-order valence-corrected chi connectivity index (χ0v) is 25.6. The Morgan fingerprint density at radius 2 is 1.83 bits per heavy atom. The Bertz CT molecular complexity index is 1390. The summed E-state index contributed by atoms with van der Waals surface area (Å²) in [5, 5.41) is 3.65. The minimum Gasteiger partial charge on any atom is -0.495 e. The van der Waals surface area contributed by atoms with Crippen molar-refractivity contribution in [3.8, 4) is 16.9 Å². The molecule has 6 rings (SSSR count). The number of methoxy groups -OCH3 is 1. The van der Waals surface area contributed by atoms with Crippen molar-refractivity contribution in [2.75, 3.05) is 76.0 Å². The van der Waals surface area contributed by atoms with E-state index in [4.69, 9.17) is 25.2 Å². The molecule has 0 saturated carbocycles. The number of benzene rings is 1. The van der Waals surface area contributed by atoms with Gasteiger partial charge in [-0.05, 0) is 63.8 Å². The first-order chi connectivity index (χ1) is 20.4. The van der Waals surface area contributed by atoms with Crippen LogP contribution < -0.4 is 20.7 Å². The van der Waals surface area contributed by atoms with Gasteiger partial charge in [0.1, 0.15) is 22.6 Å². The van der Waals surface area contributed by atoms with E-state index in [0.717, 1.165) is 91.7 Å². The fraction of sp³-hybridized carbons (Fsp3) is 0.594. The van der Waals surface area contributed by atoms with Gasteiger partial charge in [0, 0.05) is 75.8 Å². The number of hydrogen-bond acceptors (Lipinski definition) is 10. The Kier molecular flexibility index (Phi) is 8.65. The normalized spacial score (nSPS) is 22.9. The van der Waals surface area contributed by atoms with Crippen molar-refractivity contribution >= 4 is 28.4 Å². The van der Waals surface area contributed by atoms with Crippen LogP contribution in [0.1, 0.15) is 45.2 Å². The van der Waals surface area contributed by atoms with E-state index in [0.29, 0.717) is 29.5 Å². The van der Waals surface area contributed by atoms with E-state index in [9.17, 15) is 0 Å². The molecule has 10 heteroatoms. The number of nitrogen functional groups attached to an aromatic ring is 1. The van der Waals surface area contributed by atoms with Gasteiger partial charge in [-0.2, -0.15) is 0 Å². The quantitative estimate of drug-likeness (QED) is 0.430. The minimum absolute atomic E-state index is 0.320. The number of fused-ring (bicyclic) bond motifs is 1. The number of nitrogens with zero attached hydrogens (tertiary/aromatic N) is 6. The van der Waals surface area contributed by atoms with E-state index in [1.54, 1.807) is 7.11 Å². The van der Waals surface area contributed by atoms with E-state index in [-0.39, 0.29) is 0 Å². The van der Waals surface area contributed by atoms with Crippen LogP contribution in [0.4, 0.5) is 17.3 Å². The summed E-state index contributed by atoms with van der Waals surface area (Å²) < 4.78 is 11.6. The number of anilines is 3. The van der Waals surface area contributed by atoms with E-state index in [2.05, 4.69) is 64.1 Å². The molecule has 3 saturated heterocycles. The summed E-state index contributed by atoms with van der Waals surface area (Å²) in [4.78, 5) is 22.2. The summed E-state index contributed by atoms with van der Waals surface area (Å²) in [5.41, 5.74) is 11.7. The van der Waals surface area contributed by atoms with Crippen LogP contribution in [0, 0.1) is 0 Å². The Hall–Kier alpha value is -3.21. The fourth-order valence-electron chi connectivity index (χ4n) is 6.81. The largest absolute Gasteiger partial charge is 0.495 e. The van der Waals surface area contributed by atoms with Crippen LogP contribution in [0.2, 0.25) is 0 Å². The van der Waals surface area contributed by atoms with Crippen molar-refractivity contribution in [3.63, 3.8) is 0 Å². The molecule has 3 aromatic rings. The first kappa shape index (κ1) is 28.9. The highest BCUT2D eigenvalue weighted by molar-refractivity contribution is 5.97. The lowest BCUT2D eigenvalue weighted by molar-refractivity contribution is 0.0903. The maximum atomic E-state index is 6.34. The Balaban J connectivity index is 1.28. The molecule has 0 bridgehead atoms. The molecular weight excluding hydrogens is 528 g/mol. The van der Waals surface area contributed by atoms with Crippen LogP contribution in [-0.2, 0) is 11.2 Å². The Morgan fingerprint density at radius 1 is 1.05 bits per heavy atom. The highest BCUT2D eigenvalue weighted by Crippen LogP contribution is 2.39. The molecule has 3 aliphatic rings. The molecule has 226 valence electrons. The topological polar surface area (TPSA) is 105 Å². The van der Waals surface area contributed by atoms with Crippen LogP contribution in [0.15, 0.2) is 24.4 Å². The van der Waals surface area contributed by atoms with Crippen molar-refractivity contribution in [1.29, 1.82) is 0 Å². The number of rotatable bonds is 7. The Morgan fingerprint density at radius 3 is 2.55 bits per heavy atom. The van der Waals surface area contributed by atoms with Gasteiger partial charge in [-0.3, -0.25) is 4.90 Å². The van der Waals surface area contributed by atoms with Gasteiger partial charge in [-0.25, -0.2) is 15.0 Å². The predicted octanol–water partition coefficient (Wildman–Crippen LogP) is 4.04. The molecule has 0 radical (unpaired) electrons. The second kappa shape index (κ2) is 12.6. The summed E-state index contributed by atoms with van der Waals surface area (Å²) >= 11 is 0. The average Bonchev–Trinajstić information content (AvgIpc) is 3.02. The molecule has 0 spiro atoms. The van der Waals surface area contributed by atoms with E-state index >= 15 is 0 Å². The number of aromatic nitrogens is 3. The lowest BCUT2D eigenvalue weighted by Crippen LogP contribution is -2.54. The van der Waals surface area contributed by atoms with Crippen LogP contribution in [-0.4, -0.2) is 103 Å². The van der Waals surface area contributed by atoms with E-state index < -0.39 is 0 Å². The van der Waals surface area contributed by atoms with Gasteiger partial charge < -0.3 is 30.3 Å². The first-order valence-corrected chi connectivity index (χ1v) is 15.6. The van der Waals surface area contributed by atoms with Crippen molar-refractivity contribution in [2.24, 2.45) is 0 Å². The van der Waals surface area contributed by atoms with Crippen LogP contribution in [0.3, 0.4) is 0 Å². The molecule has 0 aliphatic carbocycles. The number of pyridine rings is 1. The molecule has 2 unspecified atom stereocenters. The number of aryl methyl sites for hydroxylation is 1. The highest BCUT2D eigenvalue weighted by atomic mass is 16.5. The maximum absolute atomic E-state index is 6.34. The smallest absolute Gasteiger partial charge is 0.151 e. The van der Waals surface area contributed by atoms with Gasteiger partial charge in [0.2, 0.25) is 0 Å². The van der Waals surface area contributed by atoms with Gasteiger partial charge in [0.25, 0.3) is 0 Å². The van der Waals surface area contributed by atoms with Crippen molar-refractivity contribution in [1.82, 2.24) is 24.8 Å². The number of nitrogens with one attached hydrogen (secondary N) is 1. The third-order valence-electron chi connectivity index (χ3n) is 9.40. The van der Waals surface area contributed by atoms with Crippen LogP contribution in [0.5, 0.6) is 5.75 Å². The fourth-order valence-corrected chi connectivity index (χ4v) is 6.81. The molecule has 3 aliphatic heterocycles. The zero-order valence-electron chi connectivity index (χ0n) is 25.6. The van der Waals surface area contributed by atoms with Gasteiger partial charge in [0.05, 0.1) is 18.5 Å². The van der Waals surface area contributed by atoms with Crippen LogP contribution in [0.25, 0.3) is 22.2 Å².